The zero-order valence-electron chi connectivity index (χ0n) is 10.8. The lowest BCUT2D eigenvalue weighted by Gasteiger charge is -2.13. The third-order valence-corrected chi connectivity index (χ3v) is 4.21. The highest BCUT2D eigenvalue weighted by atomic mass is 35.5. The molecule has 3 aromatic rings. The van der Waals surface area contributed by atoms with Gasteiger partial charge in [-0.2, -0.15) is 0 Å². The number of aromatic nitrogens is 2. The number of hydrogen-bond acceptors (Lipinski definition) is 2. The van der Waals surface area contributed by atoms with Crippen molar-refractivity contribution in [3.63, 3.8) is 0 Å². The number of hydrogen-bond donors (Lipinski definition) is 2. The van der Waals surface area contributed by atoms with Crippen molar-refractivity contribution in [1.82, 2.24) is 9.97 Å². The van der Waals surface area contributed by atoms with E-state index in [0.29, 0.717) is 10.0 Å². The second-order valence-electron chi connectivity index (χ2n) is 4.76. The topological polar surface area (TPSA) is 54.7 Å². The molecule has 0 amide bonds. The molecule has 0 saturated carbocycles. The van der Waals surface area contributed by atoms with E-state index in [0.717, 1.165) is 27.7 Å². The highest BCUT2D eigenvalue weighted by Crippen LogP contribution is 2.37. The van der Waals surface area contributed by atoms with Crippen LogP contribution in [0.2, 0.25) is 10.0 Å². The van der Waals surface area contributed by atoms with Gasteiger partial charge in [-0.3, -0.25) is 0 Å². The van der Waals surface area contributed by atoms with Crippen LogP contribution < -0.4 is 5.73 Å². The van der Waals surface area contributed by atoms with Crippen LogP contribution in [0.25, 0.3) is 22.2 Å². The van der Waals surface area contributed by atoms with Crippen molar-refractivity contribution in [2.24, 2.45) is 5.73 Å². The van der Waals surface area contributed by atoms with E-state index < -0.39 is 0 Å². The molecule has 20 heavy (non-hydrogen) atoms. The summed E-state index contributed by atoms with van der Waals surface area (Å²) in [6.07, 6.45) is 3.64. The average molecular weight is 306 g/mol. The third kappa shape index (κ3) is 2.18. The minimum atomic E-state index is -0.153. The lowest BCUT2D eigenvalue weighted by atomic mass is 10.0. The van der Waals surface area contributed by atoms with Crippen LogP contribution in [0.4, 0.5) is 0 Å². The van der Waals surface area contributed by atoms with Gasteiger partial charge in [0.15, 0.2) is 0 Å². The van der Waals surface area contributed by atoms with Gasteiger partial charge in [0.25, 0.3) is 0 Å². The van der Waals surface area contributed by atoms with Gasteiger partial charge < -0.3 is 10.7 Å². The molecule has 1 unspecified atom stereocenters. The van der Waals surface area contributed by atoms with Crippen LogP contribution in [0, 0.1) is 0 Å². The van der Waals surface area contributed by atoms with Gasteiger partial charge >= 0.3 is 0 Å². The van der Waals surface area contributed by atoms with Gasteiger partial charge in [-0.1, -0.05) is 35.3 Å². The molecule has 0 bridgehead atoms. The van der Waals surface area contributed by atoms with Crippen LogP contribution >= 0.6 is 23.2 Å². The summed E-state index contributed by atoms with van der Waals surface area (Å²) in [7, 11) is 0. The van der Waals surface area contributed by atoms with Gasteiger partial charge in [0.2, 0.25) is 0 Å². The Morgan fingerprint density at radius 2 is 2.00 bits per heavy atom. The second kappa shape index (κ2) is 5.09. The maximum absolute atomic E-state index is 6.38. The van der Waals surface area contributed by atoms with Gasteiger partial charge in [-0.25, -0.2) is 4.98 Å². The smallest absolute Gasteiger partial charge is 0.137 e. The van der Waals surface area contributed by atoms with Crippen molar-refractivity contribution in [3.8, 4) is 11.1 Å². The fraction of sp³-hybridized carbons (Fsp3) is 0.133. The Morgan fingerprint density at radius 3 is 2.75 bits per heavy atom. The Kier molecular flexibility index (Phi) is 3.42. The van der Waals surface area contributed by atoms with Crippen LogP contribution in [0.5, 0.6) is 0 Å². The van der Waals surface area contributed by atoms with Crippen molar-refractivity contribution in [2.45, 2.75) is 13.0 Å². The summed E-state index contributed by atoms with van der Waals surface area (Å²) in [6, 6.07) is 7.69. The van der Waals surface area contributed by atoms with E-state index in [1.165, 1.54) is 0 Å². The molecule has 1 atom stereocenters. The number of H-pyrrole nitrogens is 1. The Labute approximate surface area is 126 Å². The summed E-state index contributed by atoms with van der Waals surface area (Å²) < 4.78 is 0. The summed E-state index contributed by atoms with van der Waals surface area (Å²) in [4.78, 5) is 7.43. The number of nitrogens with two attached hydrogens (primary N) is 1. The van der Waals surface area contributed by atoms with Gasteiger partial charge in [0.05, 0.1) is 10.0 Å². The predicted octanol–water partition coefficient (Wildman–Crippen LogP) is 4.56. The molecule has 3 N–H and O–H groups in total. The Bertz CT molecular complexity index is 778. The molecule has 0 radical (unpaired) electrons. The summed E-state index contributed by atoms with van der Waals surface area (Å²) in [5.41, 5.74) is 9.36. The molecule has 5 heteroatoms. The fourth-order valence-corrected chi connectivity index (χ4v) is 2.84. The predicted molar refractivity (Wildman–Crippen MR) is 84.2 cm³/mol. The van der Waals surface area contributed by atoms with Crippen molar-refractivity contribution < 1.29 is 0 Å². The number of rotatable bonds is 2. The highest BCUT2D eigenvalue weighted by molar-refractivity contribution is 6.44. The van der Waals surface area contributed by atoms with Crippen molar-refractivity contribution in [1.29, 1.82) is 0 Å². The van der Waals surface area contributed by atoms with Crippen molar-refractivity contribution in [2.75, 3.05) is 0 Å². The molecule has 3 nitrogen and oxygen atoms in total. The number of nitrogens with zero attached hydrogens (tertiary/aromatic N) is 1. The Morgan fingerprint density at radius 1 is 1.20 bits per heavy atom. The number of aromatic amines is 1. The molecule has 0 aliphatic rings. The second-order valence-corrected chi connectivity index (χ2v) is 5.51. The molecule has 0 fully saturated rings. The zero-order valence-corrected chi connectivity index (χ0v) is 12.3. The maximum atomic E-state index is 6.38. The first kappa shape index (κ1) is 13.4. The Hall–Kier alpha value is -1.55. The normalized spacial score (nSPS) is 12.8. The fourth-order valence-electron chi connectivity index (χ4n) is 2.23. The summed E-state index contributed by atoms with van der Waals surface area (Å²) in [5, 5.41) is 2.05. The molecule has 1 aromatic carbocycles. The minimum absolute atomic E-state index is 0.153. The number of halogens is 2. The molecule has 0 aliphatic heterocycles. The first-order valence-corrected chi connectivity index (χ1v) is 7.00. The monoisotopic (exact) mass is 305 g/mol. The molecule has 0 saturated heterocycles. The highest BCUT2D eigenvalue weighted by Gasteiger charge is 2.14. The molecular formula is C15H13Cl2N3. The van der Waals surface area contributed by atoms with E-state index in [2.05, 4.69) is 9.97 Å². The van der Waals surface area contributed by atoms with E-state index in [1.807, 2.05) is 37.4 Å². The molecule has 0 spiro atoms. The van der Waals surface area contributed by atoms with Gasteiger partial charge in [0, 0.05) is 34.9 Å². The largest absolute Gasteiger partial charge is 0.346 e. The van der Waals surface area contributed by atoms with Crippen LogP contribution in [-0.4, -0.2) is 9.97 Å². The number of pyridine rings is 1. The quantitative estimate of drug-likeness (QED) is 0.729. The standard InChI is InChI=1S/C15H13Cl2N3/c1-8(18)11-2-3-12(14(17)13(11)16)10-6-9-4-5-19-15(9)20-7-10/h2-8H,18H2,1H3,(H,19,20). The van der Waals surface area contributed by atoms with E-state index in [9.17, 15) is 0 Å². The van der Waals surface area contributed by atoms with E-state index in [4.69, 9.17) is 28.9 Å². The molecule has 102 valence electrons. The molecule has 3 rings (SSSR count). The van der Waals surface area contributed by atoms with Crippen LogP contribution in [0.3, 0.4) is 0 Å². The lowest BCUT2D eigenvalue weighted by Crippen LogP contribution is -2.05. The summed E-state index contributed by atoms with van der Waals surface area (Å²) in [5.74, 6) is 0. The lowest BCUT2D eigenvalue weighted by molar-refractivity contribution is 0.819. The van der Waals surface area contributed by atoms with Gasteiger partial charge in [0.1, 0.15) is 5.65 Å². The minimum Gasteiger partial charge on any atom is -0.346 e. The van der Waals surface area contributed by atoms with Crippen LogP contribution in [0.1, 0.15) is 18.5 Å². The molecule has 0 aliphatic carbocycles. The van der Waals surface area contributed by atoms with Crippen LogP contribution in [-0.2, 0) is 0 Å². The third-order valence-electron chi connectivity index (χ3n) is 3.31. The van der Waals surface area contributed by atoms with Crippen molar-refractivity contribution >= 4 is 34.2 Å². The van der Waals surface area contributed by atoms with Gasteiger partial charge in [-0.15, -0.1) is 0 Å². The average Bonchev–Trinajstić information content (AvgIpc) is 2.88. The number of fused-ring (bicyclic) bond motifs is 1. The van der Waals surface area contributed by atoms with E-state index in [-0.39, 0.29) is 6.04 Å². The molecule has 2 aromatic heterocycles. The molecule has 2 heterocycles. The van der Waals surface area contributed by atoms with E-state index in [1.54, 1.807) is 6.20 Å². The maximum Gasteiger partial charge on any atom is 0.137 e. The first-order chi connectivity index (χ1) is 9.58. The van der Waals surface area contributed by atoms with Crippen LogP contribution in [0.15, 0.2) is 36.7 Å². The number of nitrogens with one attached hydrogen (secondary N) is 1. The SMILES string of the molecule is CC(N)c1ccc(-c2cnc3[nH]ccc3c2)c(Cl)c1Cl. The van der Waals surface area contributed by atoms with Gasteiger partial charge in [-0.05, 0) is 24.6 Å². The van der Waals surface area contributed by atoms with Crippen molar-refractivity contribution in [3.05, 3.63) is 52.3 Å². The molecular weight excluding hydrogens is 293 g/mol. The number of benzene rings is 1. The summed E-state index contributed by atoms with van der Waals surface area (Å²) in [6.45, 7) is 1.88. The van der Waals surface area contributed by atoms with E-state index >= 15 is 0 Å². The summed E-state index contributed by atoms with van der Waals surface area (Å²) >= 11 is 12.7. The first-order valence-electron chi connectivity index (χ1n) is 6.25. The zero-order chi connectivity index (χ0) is 14.3. The Balaban J connectivity index is 2.16.